The molecule has 2 aliphatic rings. The van der Waals surface area contributed by atoms with E-state index in [9.17, 15) is 0 Å². The van der Waals surface area contributed by atoms with E-state index in [0.29, 0.717) is 0 Å². The second kappa shape index (κ2) is 7.49. The van der Waals surface area contributed by atoms with Gasteiger partial charge >= 0.3 is 0 Å². The van der Waals surface area contributed by atoms with E-state index in [0.717, 1.165) is 18.0 Å². The van der Waals surface area contributed by atoms with Crippen molar-refractivity contribution in [2.45, 2.75) is 77.3 Å². The van der Waals surface area contributed by atoms with E-state index in [1.807, 2.05) is 0 Å². The Bertz CT molecular complexity index is 229. The van der Waals surface area contributed by atoms with Crippen molar-refractivity contribution < 1.29 is 0 Å². The van der Waals surface area contributed by atoms with Crippen LogP contribution in [0.15, 0.2) is 0 Å². The highest BCUT2D eigenvalue weighted by molar-refractivity contribution is 4.87. The molecule has 18 heavy (non-hydrogen) atoms. The van der Waals surface area contributed by atoms with Gasteiger partial charge in [0, 0.05) is 18.6 Å². The minimum absolute atomic E-state index is 0.762. The topological polar surface area (TPSA) is 15.3 Å². The molecule has 1 aliphatic carbocycles. The number of hydrogen-bond donors (Lipinski definition) is 1. The smallest absolute Gasteiger partial charge is 0.0195 e. The monoisotopic (exact) mass is 252 g/mol. The maximum atomic E-state index is 3.73. The summed E-state index contributed by atoms with van der Waals surface area (Å²) in [6, 6.07) is 1.66. The third-order valence-electron chi connectivity index (χ3n) is 5.00. The normalized spacial score (nSPS) is 34.7. The van der Waals surface area contributed by atoms with E-state index in [1.54, 1.807) is 0 Å². The zero-order valence-electron chi connectivity index (χ0n) is 12.5. The van der Waals surface area contributed by atoms with Crippen molar-refractivity contribution in [2.75, 3.05) is 19.6 Å². The van der Waals surface area contributed by atoms with Gasteiger partial charge < -0.3 is 5.32 Å². The molecule has 3 unspecified atom stereocenters. The van der Waals surface area contributed by atoms with Crippen molar-refractivity contribution in [3.63, 3.8) is 0 Å². The van der Waals surface area contributed by atoms with Crippen molar-refractivity contribution >= 4 is 0 Å². The first kappa shape index (κ1) is 14.3. The predicted molar refractivity (Wildman–Crippen MR) is 78.9 cm³/mol. The molecule has 1 saturated heterocycles. The van der Waals surface area contributed by atoms with Gasteiger partial charge in [-0.15, -0.1) is 0 Å². The Kier molecular flexibility index (Phi) is 5.97. The van der Waals surface area contributed by atoms with Crippen LogP contribution in [0.2, 0.25) is 0 Å². The van der Waals surface area contributed by atoms with Gasteiger partial charge in [0.1, 0.15) is 0 Å². The molecule has 1 heterocycles. The average molecular weight is 252 g/mol. The molecule has 3 atom stereocenters. The fraction of sp³-hybridized carbons (Fsp3) is 1.00. The summed E-state index contributed by atoms with van der Waals surface area (Å²) < 4.78 is 0. The molecule has 106 valence electrons. The Hall–Kier alpha value is -0.0800. The summed E-state index contributed by atoms with van der Waals surface area (Å²) in [7, 11) is 0. The Labute approximate surface area is 114 Å². The van der Waals surface area contributed by atoms with Gasteiger partial charge in [0.15, 0.2) is 0 Å². The van der Waals surface area contributed by atoms with Crippen LogP contribution in [0.25, 0.3) is 0 Å². The molecular formula is C16H32N2. The number of piperidine rings is 1. The van der Waals surface area contributed by atoms with Crippen molar-refractivity contribution in [1.82, 2.24) is 10.2 Å². The van der Waals surface area contributed by atoms with Crippen molar-refractivity contribution in [3.8, 4) is 0 Å². The van der Waals surface area contributed by atoms with Crippen molar-refractivity contribution in [3.05, 3.63) is 0 Å². The van der Waals surface area contributed by atoms with Crippen molar-refractivity contribution in [2.24, 2.45) is 5.92 Å². The molecule has 0 aromatic carbocycles. The standard InChI is InChI=1S/C16H32N2/c1-3-11-17-15-9-7-12-18(13-15)16-10-6-5-8-14(16)4-2/h14-17H,3-13H2,1-2H3. The Morgan fingerprint density at radius 3 is 2.67 bits per heavy atom. The lowest BCUT2D eigenvalue weighted by atomic mass is 9.81. The zero-order valence-corrected chi connectivity index (χ0v) is 12.5. The maximum absolute atomic E-state index is 3.73. The van der Waals surface area contributed by atoms with Crippen molar-refractivity contribution in [1.29, 1.82) is 0 Å². The summed E-state index contributed by atoms with van der Waals surface area (Å²) >= 11 is 0. The zero-order chi connectivity index (χ0) is 12.8. The molecule has 2 fully saturated rings. The highest BCUT2D eigenvalue weighted by Crippen LogP contribution is 2.32. The summed E-state index contributed by atoms with van der Waals surface area (Å²) in [4.78, 5) is 2.82. The van der Waals surface area contributed by atoms with Crippen LogP contribution in [0.5, 0.6) is 0 Å². The fourth-order valence-corrected chi connectivity index (χ4v) is 3.97. The Morgan fingerprint density at radius 2 is 1.89 bits per heavy atom. The quantitative estimate of drug-likeness (QED) is 0.806. The first-order valence-corrected chi connectivity index (χ1v) is 8.32. The molecule has 0 bridgehead atoms. The second-order valence-corrected chi connectivity index (χ2v) is 6.31. The number of likely N-dealkylation sites (tertiary alicyclic amines) is 1. The number of rotatable bonds is 5. The van der Waals surface area contributed by atoms with Gasteiger partial charge in [-0.25, -0.2) is 0 Å². The first-order chi connectivity index (χ1) is 8.85. The van der Waals surface area contributed by atoms with Gasteiger partial charge in [-0.05, 0) is 51.1 Å². The van der Waals surface area contributed by atoms with E-state index in [-0.39, 0.29) is 0 Å². The molecule has 0 spiro atoms. The molecule has 1 N–H and O–H groups in total. The van der Waals surface area contributed by atoms with E-state index < -0.39 is 0 Å². The van der Waals surface area contributed by atoms with Crippen LogP contribution in [0.4, 0.5) is 0 Å². The number of nitrogens with zero attached hydrogens (tertiary/aromatic N) is 1. The number of nitrogens with one attached hydrogen (secondary N) is 1. The molecule has 0 aromatic heterocycles. The maximum Gasteiger partial charge on any atom is 0.0195 e. The number of hydrogen-bond acceptors (Lipinski definition) is 2. The van der Waals surface area contributed by atoms with Gasteiger partial charge in [0.2, 0.25) is 0 Å². The predicted octanol–water partition coefficient (Wildman–Crippen LogP) is 3.42. The van der Waals surface area contributed by atoms with E-state index in [4.69, 9.17) is 0 Å². The molecule has 0 aromatic rings. The minimum Gasteiger partial charge on any atom is -0.313 e. The first-order valence-electron chi connectivity index (χ1n) is 8.32. The second-order valence-electron chi connectivity index (χ2n) is 6.31. The van der Waals surface area contributed by atoms with Gasteiger partial charge in [-0.3, -0.25) is 4.90 Å². The van der Waals surface area contributed by atoms with E-state index in [2.05, 4.69) is 24.1 Å². The summed E-state index contributed by atoms with van der Waals surface area (Å²) in [5, 5.41) is 3.73. The summed E-state index contributed by atoms with van der Waals surface area (Å²) in [6.07, 6.45) is 11.3. The van der Waals surface area contributed by atoms with Crippen LogP contribution in [0.1, 0.15) is 65.2 Å². The van der Waals surface area contributed by atoms with E-state index >= 15 is 0 Å². The third kappa shape index (κ3) is 3.71. The van der Waals surface area contributed by atoms with Crippen LogP contribution in [-0.4, -0.2) is 36.6 Å². The van der Waals surface area contributed by atoms with E-state index in [1.165, 1.54) is 71.0 Å². The third-order valence-corrected chi connectivity index (χ3v) is 5.00. The van der Waals surface area contributed by atoms with Crippen LogP contribution < -0.4 is 5.32 Å². The largest absolute Gasteiger partial charge is 0.313 e. The Morgan fingerprint density at radius 1 is 1.06 bits per heavy atom. The van der Waals surface area contributed by atoms with Gasteiger partial charge in [0.25, 0.3) is 0 Å². The lowest BCUT2D eigenvalue weighted by Crippen LogP contribution is -2.52. The lowest BCUT2D eigenvalue weighted by molar-refractivity contribution is 0.0691. The fourth-order valence-electron chi connectivity index (χ4n) is 3.97. The molecule has 2 nitrogen and oxygen atoms in total. The molecule has 2 heteroatoms. The van der Waals surface area contributed by atoms with Gasteiger partial charge in [-0.2, -0.15) is 0 Å². The molecule has 1 aliphatic heterocycles. The van der Waals surface area contributed by atoms with Gasteiger partial charge in [0.05, 0.1) is 0 Å². The van der Waals surface area contributed by atoms with Crippen LogP contribution in [0.3, 0.4) is 0 Å². The molecule has 0 radical (unpaired) electrons. The Balaban J connectivity index is 1.86. The minimum atomic E-state index is 0.762. The van der Waals surface area contributed by atoms with Gasteiger partial charge in [-0.1, -0.05) is 33.1 Å². The molecular weight excluding hydrogens is 220 g/mol. The lowest BCUT2D eigenvalue weighted by Gasteiger charge is -2.44. The van der Waals surface area contributed by atoms with Crippen LogP contribution in [0, 0.1) is 5.92 Å². The van der Waals surface area contributed by atoms with Crippen LogP contribution in [-0.2, 0) is 0 Å². The SMILES string of the molecule is CCCNC1CCCN(C2CCCCC2CC)C1. The summed E-state index contributed by atoms with van der Waals surface area (Å²) in [5.74, 6) is 0.976. The molecule has 1 saturated carbocycles. The van der Waals surface area contributed by atoms with Crippen LogP contribution >= 0.6 is 0 Å². The average Bonchev–Trinajstić information content (AvgIpc) is 2.45. The molecule has 0 amide bonds. The summed E-state index contributed by atoms with van der Waals surface area (Å²) in [5.41, 5.74) is 0. The highest BCUT2D eigenvalue weighted by Gasteiger charge is 2.31. The summed E-state index contributed by atoms with van der Waals surface area (Å²) in [6.45, 7) is 8.51. The highest BCUT2D eigenvalue weighted by atomic mass is 15.2. The molecule has 2 rings (SSSR count).